The van der Waals surface area contributed by atoms with E-state index in [1.54, 1.807) is 0 Å². The molecule has 3 N–H and O–H groups in total. The van der Waals surface area contributed by atoms with Crippen LogP contribution < -0.4 is 16.0 Å². The molecule has 1 aliphatic carbocycles. The zero-order valence-electron chi connectivity index (χ0n) is 12.6. The molecule has 2 fully saturated rings. The second-order valence-corrected chi connectivity index (χ2v) is 7.00. The standard InChI is InChI=1S/C14H24N6S/c1-21-11-6-4-10(5-7-11)16-13-17-12(15)18-14(19-13)20-8-2-3-9-20/h10-11H,2-9H2,1H3,(H3,15,16,17,18,19). The summed E-state index contributed by atoms with van der Waals surface area (Å²) >= 11 is 1.98. The molecule has 6 nitrogen and oxygen atoms in total. The average Bonchev–Trinajstić information content (AvgIpc) is 3.02. The highest BCUT2D eigenvalue weighted by Crippen LogP contribution is 2.28. The molecule has 7 heteroatoms. The van der Waals surface area contributed by atoms with Crippen LogP contribution in [0.5, 0.6) is 0 Å². The maximum atomic E-state index is 5.84. The van der Waals surface area contributed by atoms with Crippen molar-refractivity contribution in [1.82, 2.24) is 15.0 Å². The molecular weight excluding hydrogens is 284 g/mol. The largest absolute Gasteiger partial charge is 0.368 e. The van der Waals surface area contributed by atoms with Crippen molar-refractivity contribution >= 4 is 29.6 Å². The number of anilines is 3. The van der Waals surface area contributed by atoms with Crippen LogP contribution in [-0.2, 0) is 0 Å². The maximum Gasteiger partial charge on any atom is 0.231 e. The van der Waals surface area contributed by atoms with Crippen LogP contribution in [0.1, 0.15) is 38.5 Å². The molecule has 2 heterocycles. The molecule has 0 radical (unpaired) electrons. The van der Waals surface area contributed by atoms with Gasteiger partial charge in [0.25, 0.3) is 0 Å². The number of nitrogens with two attached hydrogens (primary N) is 1. The molecule has 116 valence electrons. The van der Waals surface area contributed by atoms with Gasteiger partial charge in [0.2, 0.25) is 17.8 Å². The Morgan fingerprint density at radius 3 is 2.48 bits per heavy atom. The van der Waals surface area contributed by atoms with Crippen molar-refractivity contribution in [3.8, 4) is 0 Å². The number of hydrogen-bond acceptors (Lipinski definition) is 7. The van der Waals surface area contributed by atoms with E-state index < -0.39 is 0 Å². The molecule has 1 saturated heterocycles. The van der Waals surface area contributed by atoms with Crippen LogP contribution in [0.15, 0.2) is 0 Å². The molecule has 2 aliphatic rings. The van der Waals surface area contributed by atoms with Gasteiger partial charge in [-0.15, -0.1) is 0 Å². The lowest BCUT2D eigenvalue weighted by atomic mass is 9.95. The lowest BCUT2D eigenvalue weighted by Gasteiger charge is -2.28. The third-order valence-electron chi connectivity index (χ3n) is 4.37. The van der Waals surface area contributed by atoms with Gasteiger partial charge in [0.1, 0.15) is 0 Å². The fraction of sp³-hybridized carbons (Fsp3) is 0.786. The van der Waals surface area contributed by atoms with Crippen molar-refractivity contribution in [2.75, 3.05) is 35.3 Å². The van der Waals surface area contributed by atoms with E-state index in [4.69, 9.17) is 5.73 Å². The molecule has 1 saturated carbocycles. The van der Waals surface area contributed by atoms with E-state index in [1.807, 2.05) is 11.8 Å². The van der Waals surface area contributed by atoms with E-state index in [2.05, 4.69) is 31.4 Å². The van der Waals surface area contributed by atoms with E-state index >= 15 is 0 Å². The smallest absolute Gasteiger partial charge is 0.231 e. The summed E-state index contributed by atoms with van der Waals surface area (Å²) in [6.07, 6.45) is 9.48. The van der Waals surface area contributed by atoms with Crippen molar-refractivity contribution < 1.29 is 0 Å². The van der Waals surface area contributed by atoms with Crippen molar-refractivity contribution in [2.24, 2.45) is 0 Å². The van der Waals surface area contributed by atoms with Gasteiger partial charge < -0.3 is 16.0 Å². The molecule has 1 aliphatic heterocycles. The van der Waals surface area contributed by atoms with Crippen LogP contribution >= 0.6 is 11.8 Å². The molecular formula is C14H24N6S. The zero-order valence-corrected chi connectivity index (χ0v) is 13.4. The summed E-state index contributed by atoms with van der Waals surface area (Å²) in [4.78, 5) is 15.3. The van der Waals surface area contributed by atoms with Crippen molar-refractivity contribution in [3.63, 3.8) is 0 Å². The summed E-state index contributed by atoms with van der Waals surface area (Å²) in [7, 11) is 0. The first-order valence-corrected chi connectivity index (χ1v) is 9.09. The first-order valence-electron chi connectivity index (χ1n) is 7.80. The monoisotopic (exact) mass is 308 g/mol. The highest BCUT2D eigenvalue weighted by atomic mass is 32.2. The molecule has 1 aromatic heterocycles. The van der Waals surface area contributed by atoms with E-state index in [1.165, 1.54) is 38.5 Å². The maximum absolute atomic E-state index is 5.84. The van der Waals surface area contributed by atoms with Crippen LogP contribution in [0.4, 0.5) is 17.8 Å². The van der Waals surface area contributed by atoms with Gasteiger partial charge in [-0.25, -0.2) is 0 Å². The predicted octanol–water partition coefficient (Wildman–Crippen LogP) is 2.14. The highest BCUT2D eigenvalue weighted by Gasteiger charge is 2.22. The first kappa shape index (κ1) is 14.7. The quantitative estimate of drug-likeness (QED) is 0.882. The molecule has 0 spiro atoms. The third-order valence-corrected chi connectivity index (χ3v) is 5.51. The summed E-state index contributed by atoms with van der Waals surface area (Å²) in [6, 6.07) is 0.460. The van der Waals surface area contributed by atoms with Gasteiger partial charge >= 0.3 is 0 Å². The SMILES string of the molecule is CSC1CCC(Nc2nc(N)nc(N3CCCC3)n2)CC1. The van der Waals surface area contributed by atoms with Crippen molar-refractivity contribution in [3.05, 3.63) is 0 Å². The van der Waals surface area contributed by atoms with Gasteiger partial charge in [-0.05, 0) is 44.8 Å². The van der Waals surface area contributed by atoms with Crippen LogP contribution in [-0.4, -0.2) is 45.6 Å². The lowest BCUT2D eigenvalue weighted by molar-refractivity contribution is 0.471. The van der Waals surface area contributed by atoms with Crippen LogP contribution in [0, 0.1) is 0 Å². The Hall–Kier alpha value is -1.24. The minimum Gasteiger partial charge on any atom is -0.368 e. The number of nitrogens with one attached hydrogen (secondary N) is 1. The molecule has 0 atom stereocenters. The summed E-state index contributed by atoms with van der Waals surface area (Å²) in [5, 5.41) is 4.26. The van der Waals surface area contributed by atoms with Gasteiger partial charge in [0.05, 0.1) is 0 Å². The van der Waals surface area contributed by atoms with Gasteiger partial charge in [-0.3, -0.25) is 0 Å². The molecule has 0 aromatic carbocycles. The summed E-state index contributed by atoms with van der Waals surface area (Å²) < 4.78 is 0. The second-order valence-electron chi connectivity index (χ2n) is 5.87. The number of rotatable bonds is 4. The Balaban J connectivity index is 1.65. The summed E-state index contributed by atoms with van der Waals surface area (Å²) in [5.74, 6) is 1.67. The Morgan fingerprint density at radius 2 is 1.81 bits per heavy atom. The Kier molecular flexibility index (Phi) is 4.67. The van der Waals surface area contributed by atoms with Crippen molar-refractivity contribution in [1.29, 1.82) is 0 Å². The normalized spacial score (nSPS) is 26.0. The van der Waals surface area contributed by atoms with Gasteiger partial charge in [-0.1, -0.05) is 0 Å². The fourth-order valence-electron chi connectivity index (χ4n) is 3.13. The van der Waals surface area contributed by atoms with Crippen LogP contribution in [0.3, 0.4) is 0 Å². The number of thioether (sulfide) groups is 1. The molecule has 0 unspecified atom stereocenters. The molecule has 1 aromatic rings. The van der Waals surface area contributed by atoms with E-state index in [-0.39, 0.29) is 0 Å². The molecule has 3 rings (SSSR count). The topological polar surface area (TPSA) is 80.0 Å². The molecule has 0 amide bonds. The second kappa shape index (κ2) is 6.68. The van der Waals surface area contributed by atoms with Gasteiger partial charge in [0.15, 0.2) is 0 Å². The van der Waals surface area contributed by atoms with E-state index in [9.17, 15) is 0 Å². The Bertz CT molecular complexity index is 469. The average molecular weight is 308 g/mol. The Labute approximate surface area is 130 Å². The summed E-state index contributed by atoms with van der Waals surface area (Å²) in [5.41, 5.74) is 5.84. The number of aromatic nitrogens is 3. The van der Waals surface area contributed by atoms with Crippen molar-refractivity contribution in [2.45, 2.75) is 49.8 Å². The lowest BCUT2D eigenvalue weighted by Crippen LogP contribution is -2.29. The fourth-order valence-corrected chi connectivity index (χ4v) is 3.87. The van der Waals surface area contributed by atoms with Gasteiger partial charge in [0, 0.05) is 24.4 Å². The molecule has 21 heavy (non-hydrogen) atoms. The third kappa shape index (κ3) is 3.70. The van der Waals surface area contributed by atoms with E-state index in [0.717, 1.165) is 24.3 Å². The van der Waals surface area contributed by atoms with Gasteiger partial charge in [-0.2, -0.15) is 26.7 Å². The predicted molar refractivity (Wildman–Crippen MR) is 88.9 cm³/mol. The number of nitrogens with zero attached hydrogens (tertiary/aromatic N) is 4. The Morgan fingerprint density at radius 1 is 1.10 bits per heavy atom. The minimum absolute atomic E-state index is 0.312. The van der Waals surface area contributed by atoms with Crippen LogP contribution in [0.2, 0.25) is 0 Å². The van der Waals surface area contributed by atoms with Crippen LogP contribution in [0.25, 0.3) is 0 Å². The zero-order chi connectivity index (χ0) is 14.7. The summed E-state index contributed by atoms with van der Waals surface area (Å²) in [6.45, 7) is 2.03. The highest BCUT2D eigenvalue weighted by molar-refractivity contribution is 7.99. The number of hydrogen-bond donors (Lipinski definition) is 2. The molecule has 0 bridgehead atoms. The minimum atomic E-state index is 0.312. The number of nitrogen functional groups attached to an aromatic ring is 1. The van der Waals surface area contributed by atoms with E-state index in [0.29, 0.717) is 17.9 Å². The first-order chi connectivity index (χ1) is 10.2.